The van der Waals surface area contributed by atoms with E-state index in [1.165, 1.54) is 11.0 Å². The van der Waals surface area contributed by atoms with Gasteiger partial charge < -0.3 is 19.5 Å². The van der Waals surface area contributed by atoms with Gasteiger partial charge in [-0.2, -0.15) is 0 Å². The Hall–Kier alpha value is -2.23. The van der Waals surface area contributed by atoms with Gasteiger partial charge in [-0.05, 0) is 36.7 Å². The lowest BCUT2D eigenvalue weighted by atomic mass is 9.87. The molecule has 2 aromatic rings. The van der Waals surface area contributed by atoms with Crippen molar-refractivity contribution >= 4 is 20.8 Å². The van der Waals surface area contributed by atoms with Crippen LogP contribution in [-0.2, 0) is 9.16 Å². The van der Waals surface area contributed by atoms with E-state index in [4.69, 9.17) is 14.9 Å². The molecule has 0 saturated carbocycles. The van der Waals surface area contributed by atoms with E-state index in [-0.39, 0.29) is 24.2 Å². The number of carbonyl (C=O) groups excluding carboxylic acids is 1. The number of amides is 1. The average molecular weight is 421 g/mol. The fraction of sp³-hybridized carbons (Fsp3) is 0.500. The van der Waals surface area contributed by atoms with E-state index < -0.39 is 21.0 Å². The standard InChI is InChI=1S/C20H29FN4O3Si/c1-20(2,3)18(28-29(4)5)16-11-24(12-23-16)17-7-6-13(8-15(17)21)25-10-14(9-22)27-19(25)26/h6-8,11-12,14,18,29H,9-10,22H2,1-5H3/t14-,18?/m0/s1. The third-order valence-corrected chi connectivity index (χ3v) is 5.54. The van der Waals surface area contributed by atoms with Gasteiger partial charge in [0, 0.05) is 12.7 Å². The Morgan fingerprint density at radius 2 is 2.14 bits per heavy atom. The molecule has 7 nitrogen and oxygen atoms in total. The van der Waals surface area contributed by atoms with Crippen LogP contribution in [0.15, 0.2) is 30.7 Å². The molecule has 1 aromatic carbocycles. The molecule has 1 amide bonds. The molecule has 1 aromatic heterocycles. The molecule has 158 valence electrons. The molecule has 0 bridgehead atoms. The zero-order valence-corrected chi connectivity index (χ0v) is 18.7. The predicted molar refractivity (Wildman–Crippen MR) is 112 cm³/mol. The maximum Gasteiger partial charge on any atom is 0.414 e. The van der Waals surface area contributed by atoms with E-state index in [1.807, 2.05) is 0 Å². The molecule has 1 saturated heterocycles. The summed E-state index contributed by atoms with van der Waals surface area (Å²) in [5, 5.41) is 0. The molecule has 1 unspecified atom stereocenters. The fourth-order valence-corrected chi connectivity index (χ4v) is 4.42. The number of hydrogen-bond donors (Lipinski definition) is 1. The number of aromatic nitrogens is 2. The molecule has 29 heavy (non-hydrogen) atoms. The number of nitrogens with zero attached hydrogens (tertiary/aromatic N) is 3. The summed E-state index contributed by atoms with van der Waals surface area (Å²) in [4.78, 5) is 17.8. The third kappa shape index (κ3) is 4.68. The highest BCUT2D eigenvalue weighted by Crippen LogP contribution is 2.36. The Morgan fingerprint density at radius 1 is 1.41 bits per heavy atom. The minimum Gasteiger partial charge on any atom is -0.443 e. The van der Waals surface area contributed by atoms with E-state index in [2.05, 4.69) is 38.8 Å². The van der Waals surface area contributed by atoms with Crippen molar-refractivity contribution in [1.29, 1.82) is 0 Å². The van der Waals surface area contributed by atoms with Crippen LogP contribution < -0.4 is 10.6 Å². The second-order valence-electron chi connectivity index (χ2n) is 8.62. The van der Waals surface area contributed by atoms with Gasteiger partial charge >= 0.3 is 6.09 Å². The molecular weight excluding hydrogens is 391 g/mol. The Labute approximate surface area is 172 Å². The van der Waals surface area contributed by atoms with Crippen molar-refractivity contribution in [2.75, 3.05) is 18.0 Å². The second kappa shape index (κ2) is 8.25. The fourth-order valence-electron chi connectivity index (χ4n) is 3.32. The lowest BCUT2D eigenvalue weighted by molar-refractivity contribution is 0.0830. The number of nitrogens with two attached hydrogens (primary N) is 1. The molecule has 0 aliphatic carbocycles. The summed E-state index contributed by atoms with van der Waals surface area (Å²) >= 11 is 0. The number of ether oxygens (including phenoxy) is 1. The van der Waals surface area contributed by atoms with Gasteiger partial charge in [0.25, 0.3) is 0 Å². The van der Waals surface area contributed by atoms with Gasteiger partial charge in [0.15, 0.2) is 9.04 Å². The monoisotopic (exact) mass is 420 g/mol. The quantitative estimate of drug-likeness (QED) is 0.725. The average Bonchev–Trinajstić information content (AvgIpc) is 3.25. The lowest BCUT2D eigenvalue weighted by Crippen LogP contribution is -2.27. The Kier molecular flexibility index (Phi) is 6.11. The molecule has 2 N–H and O–H groups in total. The number of rotatable bonds is 6. The predicted octanol–water partition coefficient (Wildman–Crippen LogP) is 3.38. The molecule has 0 spiro atoms. The van der Waals surface area contributed by atoms with Crippen LogP contribution in [0, 0.1) is 11.2 Å². The van der Waals surface area contributed by atoms with Crippen LogP contribution in [0.4, 0.5) is 14.9 Å². The normalized spacial score (nSPS) is 18.4. The molecule has 9 heteroatoms. The lowest BCUT2D eigenvalue weighted by Gasteiger charge is -2.31. The van der Waals surface area contributed by atoms with Crippen molar-refractivity contribution in [3.63, 3.8) is 0 Å². The van der Waals surface area contributed by atoms with Gasteiger partial charge in [-0.15, -0.1) is 0 Å². The number of hydrogen-bond acceptors (Lipinski definition) is 5. The largest absolute Gasteiger partial charge is 0.443 e. The first kappa shape index (κ1) is 21.5. The number of halogens is 1. The van der Waals surface area contributed by atoms with Crippen LogP contribution in [0.2, 0.25) is 13.1 Å². The SMILES string of the molecule is C[SiH](C)OC(c1cn(-c2ccc(N3C[C@H](CN)OC3=O)cc2F)cn1)C(C)(C)C. The first-order chi connectivity index (χ1) is 13.6. The summed E-state index contributed by atoms with van der Waals surface area (Å²) in [5.74, 6) is -0.457. The van der Waals surface area contributed by atoms with Crippen molar-refractivity contribution in [3.05, 3.63) is 42.2 Å². The highest BCUT2D eigenvalue weighted by Gasteiger charge is 2.32. The van der Waals surface area contributed by atoms with Gasteiger partial charge in [0.2, 0.25) is 0 Å². The van der Waals surface area contributed by atoms with Gasteiger partial charge in [-0.3, -0.25) is 4.90 Å². The molecule has 2 atom stereocenters. The van der Waals surface area contributed by atoms with E-state index in [0.717, 1.165) is 5.69 Å². The minimum atomic E-state index is -1.29. The minimum absolute atomic E-state index is 0.130. The van der Waals surface area contributed by atoms with Gasteiger partial charge in [0.05, 0.1) is 36.0 Å². The third-order valence-electron chi connectivity index (χ3n) is 4.72. The Bertz CT molecular complexity index is 881. The summed E-state index contributed by atoms with van der Waals surface area (Å²) < 4.78 is 27.9. The van der Waals surface area contributed by atoms with Crippen molar-refractivity contribution in [2.45, 2.75) is 46.1 Å². The zero-order valence-electron chi connectivity index (χ0n) is 17.6. The van der Waals surface area contributed by atoms with Crippen molar-refractivity contribution < 1.29 is 18.3 Å². The van der Waals surface area contributed by atoms with E-state index in [0.29, 0.717) is 17.9 Å². The molecule has 1 aliphatic rings. The van der Waals surface area contributed by atoms with Crippen LogP contribution in [0.5, 0.6) is 0 Å². The summed E-state index contributed by atoms with van der Waals surface area (Å²) in [5.41, 5.74) is 6.99. The first-order valence-electron chi connectivity index (χ1n) is 9.77. The number of imidazole rings is 1. The Morgan fingerprint density at radius 3 is 2.69 bits per heavy atom. The summed E-state index contributed by atoms with van der Waals surface area (Å²) in [6, 6.07) is 4.65. The topological polar surface area (TPSA) is 82.6 Å². The summed E-state index contributed by atoms with van der Waals surface area (Å²) in [7, 11) is -1.29. The number of cyclic esters (lactones) is 1. The van der Waals surface area contributed by atoms with Crippen LogP contribution in [0.25, 0.3) is 5.69 Å². The van der Waals surface area contributed by atoms with Crippen molar-refractivity contribution in [2.24, 2.45) is 11.1 Å². The maximum absolute atomic E-state index is 14.9. The highest BCUT2D eigenvalue weighted by atomic mass is 28.3. The second-order valence-corrected chi connectivity index (χ2v) is 11.0. The van der Waals surface area contributed by atoms with Crippen molar-refractivity contribution in [3.8, 4) is 5.69 Å². The molecule has 1 aliphatic heterocycles. The van der Waals surface area contributed by atoms with E-state index in [9.17, 15) is 9.18 Å². The molecule has 2 heterocycles. The molecule has 1 fully saturated rings. The van der Waals surface area contributed by atoms with E-state index >= 15 is 0 Å². The van der Waals surface area contributed by atoms with Gasteiger partial charge in [-0.1, -0.05) is 20.8 Å². The van der Waals surface area contributed by atoms with Crippen LogP contribution in [0.1, 0.15) is 32.6 Å². The number of benzene rings is 1. The van der Waals surface area contributed by atoms with Crippen LogP contribution in [0.3, 0.4) is 0 Å². The highest BCUT2D eigenvalue weighted by molar-refractivity contribution is 6.48. The van der Waals surface area contributed by atoms with E-state index in [1.54, 1.807) is 29.2 Å². The molecule has 3 rings (SSSR count). The van der Waals surface area contributed by atoms with Gasteiger partial charge in [0.1, 0.15) is 11.9 Å². The molecule has 0 radical (unpaired) electrons. The summed E-state index contributed by atoms with van der Waals surface area (Å²) in [6.07, 6.45) is 2.34. The first-order valence-corrected chi connectivity index (χ1v) is 12.6. The van der Waals surface area contributed by atoms with Crippen LogP contribution >= 0.6 is 0 Å². The Balaban J connectivity index is 1.86. The number of carbonyl (C=O) groups is 1. The van der Waals surface area contributed by atoms with Crippen molar-refractivity contribution in [1.82, 2.24) is 9.55 Å². The summed E-state index contributed by atoms with van der Waals surface area (Å²) in [6.45, 7) is 11.1. The zero-order chi connectivity index (χ0) is 21.3. The smallest absolute Gasteiger partial charge is 0.414 e. The molecular formula is C20H29FN4O3Si. The number of anilines is 1. The maximum atomic E-state index is 14.9. The van der Waals surface area contributed by atoms with Crippen LogP contribution in [-0.4, -0.2) is 43.9 Å². The van der Waals surface area contributed by atoms with Gasteiger partial charge in [-0.25, -0.2) is 14.2 Å².